The number of methoxy groups -OCH3 is 3. The van der Waals surface area contributed by atoms with E-state index in [-0.39, 0.29) is 30.5 Å². The Labute approximate surface area is 246 Å². The normalized spacial score (nSPS) is 11.6. The fourth-order valence-corrected chi connectivity index (χ4v) is 7.13. The Morgan fingerprint density at radius 1 is 0.878 bits per heavy atom. The first-order chi connectivity index (χ1) is 19.8. The van der Waals surface area contributed by atoms with Gasteiger partial charge in [-0.3, -0.25) is 4.79 Å². The van der Waals surface area contributed by atoms with Gasteiger partial charge in [0.15, 0.2) is 11.5 Å². The van der Waals surface area contributed by atoms with Crippen molar-refractivity contribution >= 4 is 38.0 Å². The van der Waals surface area contributed by atoms with Gasteiger partial charge in [-0.1, -0.05) is 42.5 Å². The number of thiophene rings is 1. The number of aryl methyl sites for hydroxylation is 1. The van der Waals surface area contributed by atoms with E-state index in [1.54, 1.807) is 48.7 Å². The van der Waals surface area contributed by atoms with Crippen LogP contribution in [0.4, 0.5) is 0 Å². The van der Waals surface area contributed by atoms with Gasteiger partial charge < -0.3 is 19.1 Å². The number of hydrogen-bond donors (Lipinski definition) is 0. The Bertz CT molecular complexity index is 1580. The quantitative estimate of drug-likeness (QED) is 0.201. The molecule has 0 unspecified atom stereocenters. The number of carbonyl (C=O) groups is 1. The Morgan fingerprint density at radius 3 is 2.34 bits per heavy atom. The molecule has 4 rings (SSSR count). The zero-order valence-corrected chi connectivity index (χ0v) is 25.5. The Kier molecular flexibility index (Phi) is 10.4. The van der Waals surface area contributed by atoms with Crippen LogP contribution in [0.1, 0.15) is 15.3 Å². The molecule has 0 aliphatic carbocycles. The van der Waals surface area contributed by atoms with Gasteiger partial charge in [0.1, 0.15) is 0 Å². The first kappa shape index (κ1) is 30.5. The number of amides is 1. The average Bonchev–Trinajstić information content (AvgIpc) is 3.40. The molecule has 41 heavy (non-hydrogen) atoms. The number of nitrogens with zero attached hydrogens (tertiary/aromatic N) is 2. The van der Waals surface area contributed by atoms with Crippen molar-refractivity contribution in [2.75, 3.05) is 47.6 Å². The molecule has 3 aromatic carbocycles. The van der Waals surface area contributed by atoms with Crippen LogP contribution in [0.3, 0.4) is 0 Å². The molecular formula is C31H36N2O6S2. The Hall–Kier alpha value is -3.44. The number of ether oxygens (including phenoxy) is 3. The van der Waals surface area contributed by atoms with Gasteiger partial charge in [0.25, 0.3) is 0 Å². The Morgan fingerprint density at radius 2 is 1.63 bits per heavy atom. The highest BCUT2D eigenvalue weighted by atomic mass is 32.2. The van der Waals surface area contributed by atoms with Crippen LogP contribution in [0, 0.1) is 6.92 Å². The van der Waals surface area contributed by atoms with Crippen LogP contribution in [0.25, 0.3) is 10.8 Å². The van der Waals surface area contributed by atoms with E-state index in [2.05, 4.69) is 0 Å². The summed E-state index contributed by atoms with van der Waals surface area (Å²) in [7, 11) is 0.681. The third kappa shape index (κ3) is 7.45. The van der Waals surface area contributed by atoms with Gasteiger partial charge in [-0.25, -0.2) is 8.42 Å². The second-order valence-electron chi connectivity index (χ2n) is 9.58. The van der Waals surface area contributed by atoms with E-state index in [9.17, 15) is 13.2 Å². The number of carbonyl (C=O) groups excluding carboxylic acids is 1. The highest BCUT2D eigenvalue weighted by Gasteiger charge is 2.30. The molecule has 1 amide bonds. The minimum atomic E-state index is -4.00. The summed E-state index contributed by atoms with van der Waals surface area (Å²) in [6, 6.07) is 22.2. The predicted octanol–water partition coefficient (Wildman–Crippen LogP) is 5.14. The van der Waals surface area contributed by atoms with Gasteiger partial charge in [0.2, 0.25) is 15.9 Å². The number of hydrogen-bond acceptors (Lipinski definition) is 7. The summed E-state index contributed by atoms with van der Waals surface area (Å²) in [5.74, 6) is 0.964. The van der Waals surface area contributed by atoms with Crippen molar-refractivity contribution in [1.29, 1.82) is 0 Å². The minimum Gasteiger partial charge on any atom is -0.493 e. The molecule has 0 radical (unpaired) electrons. The molecule has 0 aliphatic heterocycles. The maximum Gasteiger partial charge on any atom is 0.244 e. The predicted molar refractivity (Wildman–Crippen MR) is 162 cm³/mol. The van der Waals surface area contributed by atoms with Crippen molar-refractivity contribution in [1.82, 2.24) is 9.21 Å². The summed E-state index contributed by atoms with van der Waals surface area (Å²) in [4.78, 5) is 17.9. The maximum absolute atomic E-state index is 14.0. The van der Waals surface area contributed by atoms with Crippen molar-refractivity contribution in [2.24, 2.45) is 0 Å². The fraction of sp³-hybridized carbons (Fsp3) is 0.323. The molecule has 0 bridgehead atoms. The molecular weight excluding hydrogens is 560 g/mol. The van der Waals surface area contributed by atoms with E-state index < -0.39 is 10.0 Å². The fourth-order valence-electron chi connectivity index (χ4n) is 4.64. The smallest absolute Gasteiger partial charge is 0.244 e. The second-order valence-corrected chi connectivity index (χ2v) is 12.9. The maximum atomic E-state index is 14.0. The highest BCUT2D eigenvalue weighted by molar-refractivity contribution is 7.89. The molecule has 218 valence electrons. The zero-order valence-electron chi connectivity index (χ0n) is 23.8. The van der Waals surface area contributed by atoms with Crippen molar-refractivity contribution in [3.8, 4) is 11.5 Å². The summed E-state index contributed by atoms with van der Waals surface area (Å²) < 4.78 is 45.2. The van der Waals surface area contributed by atoms with Crippen LogP contribution in [-0.4, -0.2) is 71.1 Å². The summed E-state index contributed by atoms with van der Waals surface area (Å²) in [5, 5.41) is 1.43. The zero-order chi connectivity index (χ0) is 29.4. The monoisotopic (exact) mass is 596 g/mol. The molecule has 0 aliphatic rings. The molecule has 0 saturated carbocycles. The lowest BCUT2D eigenvalue weighted by atomic mass is 10.1. The number of fused-ring (bicyclic) bond motifs is 1. The van der Waals surface area contributed by atoms with Crippen LogP contribution >= 0.6 is 11.3 Å². The molecule has 10 heteroatoms. The molecule has 0 atom stereocenters. The summed E-state index contributed by atoms with van der Waals surface area (Å²) in [6.45, 7) is 2.72. The first-order valence-electron chi connectivity index (χ1n) is 13.3. The molecule has 0 N–H and O–H groups in total. The van der Waals surface area contributed by atoms with Crippen molar-refractivity contribution in [2.45, 2.75) is 24.8 Å². The van der Waals surface area contributed by atoms with E-state index in [0.29, 0.717) is 36.4 Å². The lowest BCUT2D eigenvalue weighted by molar-refractivity contribution is -0.132. The van der Waals surface area contributed by atoms with Gasteiger partial charge in [-0.05, 0) is 54.6 Å². The molecule has 8 nitrogen and oxygen atoms in total. The summed E-state index contributed by atoms with van der Waals surface area (Å²) in [6.07, 6.45) is 0.560. The lowest BCUT2D eigenvalue weighted by Gasteiger charge is -2.27. The molecule has 0 fully saturated rings. The standard InChI is InChI=1S/C31H36N2O6S2/c1-23-12-14-26(40-23)21-32(17-16-24-13-15-28(38-3)29(20-24)39-4)31(34)22-33(18-19-37-2)41(35,36)30-11-7-9-25-8-5-6-10-27(25)30/h5-15,20H,16-19,21-22H2,1-4H3. The highest BCUT2D eigenvalue weighted by Crippen LogP contribution is 2.29. The largest absolute Gasteiger partial charge is 0.493 e. The van der Waals surface area contributed by atoms with Crippen LogP contribution in [-0.2, 0) is 32.5 Å². The van der Waals surface area contributed by atoms with Gasteiger partial charge >= 0.3 is 0 Å². The van der Waals surface area contributed by atoms with Crippen LogP contribution in [0.2, 0.25) is 0 Å². The summed E-state index contributed by atoms with van der Waals surface area (Å²) >= 11 is 1.62. The first-order valence-corrected chi connectivity index (χ1v) is 15.5. The third-order valence-corrected chi connectivity index (χ3v) is 9.73. The third-order valence-electron chi connectivity index (χ3n) is 6.84. The SMILES string of the molecule is COCCN(CC(=O)N(CCc1ccc(OC)c(OC)c1)Cc1ccc(C)s1)S(=O)(=O)c1cccc2ccccc12. The van der Waals surface area contributed by atoms with Gasteiger partial charge in [-0.15, -0.1) is 11.3 Å². The van der Waals surface area contributed by atoms with Crippen molar-refractivity contribution < 1.29 is 27.4 Å². The van der Waals surface area contributed by atoms with Gasteiger partial charge in [0.05, 0.1) is 38.8 Å². The van der Waals surface area contributed by atoms with Crippen LogP contribution in [0.15, 0.2) is 77.7 Å². The number of rotatable bonds is 14. The van der Waals surface area contributed by atoms with E-state index in [4.69, 9.17) is 14.2 Å². The lowest BCUT2D eigenvalue weighted by Crippen LogP contribution is -2.44. The van der Waals surface area contributed by atoms with Crippen molar-refractivity contribution in [3.05, 3.63) is 88.1 Å². The molecule has 1 aromatic heterocycles. The van der Waals surface area contributed by atoms with Crippen LogP contribution in [0.5, 0.6) is 11.5 Å². The molecule has 4 aromatic rings. The van der Waals surface area contributed by atoms with Gasteiger partial charge in [-0.2, -0.15) is 4.31 Å². The second kappa shape index (κ2) is 14.0. The molecule has 1 heterocycles. The average molecular weight is 597 g/mol. The number of sulfonamides is 1. The summed E-state index contributed by atoms with van der Waals surface area (Å²) in [5.41, 5.74) is 0.974. The van der Waals surface area contributed by atoms with E-state index in [0.717, 1.165) is 20.7 Å². The minimum absolute atomic E-state index is 0.0510. The van der Waals surface area contributed by atoms with E-state index >= 15 is 0 Å². The topological polar surface area (TPSA) is 85.4 Å². The van der Waals surface area contributed by atoms with Crippen LogP contribution < -0.4 is 9.47 Å². The molecule has 0 spiro atoms. The van der Waals surface area contributed by atoms with E-state index in [1.165, 1.54) is 11.4 Å². The number of benzene rings is 3. The molecule has 0 saturated heterocycles. The Balaban J connectivity index is 1.61. The van der Waals surface area contributed by atoms with Crippen molar-refractivity contribution in [3.63, 3.8) is 0 Å². The van der Waals surface area contributed by atoms with E-state index in [1.807, 2.05) is 61.5 Å². The van der Waals surface area contributed by atoms with Gasteiger partial charge in [0, 0.05) is 35.3 Å².